The number of thiazole rings is 1. The summed E-state index contributed by atoms with van der Waals surface area (Å²) in [6.07, 6.45) is 6.67. The number of ketones is 1. The van der Waals surface area contributed by atoms with Crippen molar-refractivity contribution in [2.24, 2.45) is 0 Å². The summed E-state index contributed by atoms with van der Waals surface area (Å²) in [5, 5.41) is 4.71. The average Bonchev–Trinajstić information content (AvgIpc) is 3.13. The Morgan fingerprint density at radius 1 is 1.19 bits per heavy atom. The van der Waals surface area contributed by atoms with Crippen LogP contribution in [0, 0.1) is 29.8 Å². The molecule has 0 radical (unpaired) electrons. The number of aromatic nitrogens is 1. The van der Waals surface area contributed by atoms with Gasteiger partial charge in [0.05, 0.1) is 17.8 Å². The van der Waals surface area contributed by atoms with Crippen LogP contribution in [-0.4, -0.2) is 10.8 Å². The highest BCUT2D eigenvalue weighted by atomic mass is 32.1. The maximum atomic E-state index is 14.3. The fourth-order valence-corrected chi connectivity index (χ4v) is 2.93. The van der Waals surface area contributed by atoms with Crippen LogP contribution in [0.1, 0.15) is 20.9 Å². The molecule has 0 atom stereocenters. The normalized spacial score (nSPS) is 10.4. The number of terminal acetylenes is 1. The molecule has 2 aromatic carbocycles. The van der Waals surface area contributed by atoms with Crippen molar-refractivity contribution >= 4 is 28.5 Å². The molecule has 0 bridgehead atoms. The first-order valence-corrected chi connectivity index (χ1v) is 8.30. The van der Waals surface area contributed by atoms with Crippen molar-refractivity contribution in [3.05, 3.63) is 75.5 Å². The number of rotatable bonds is 5. The van der Waals surface area contributed by atoms with Crippen molar-refractivity contribution in [3.8, 4) is 12.3 Å². The van der Waals surface area contributed by atoms with E-state index < -0.39 is 28.9 Å². The van der Waals surface area contributed by atoms with E-state index in [2.05, 4.69) is 16.2 Å². The number of nitrogens with zero attached hydrogens (tertiary/aromatic N) is 1. The number of hydrogen-bond acceptors (Lipinski definition) is 4. The average molecular weight is 372 g/mol. The van der Waals surface area contributed by atoms with E-state index in [0.29, 0.717) is 10.6 Å². The molecule has 3 aromatic rings. The minimum atomic E-state index is -1.27. The first kappa shape index (κ1) is 17.7. The standard InChI is InChI=1S/C19H11F3N2OS/c1-2-11-3-6-15(14(21)9-11)24-19-12(4-5-13(20)18(19)22)16(25)10-17-23-7-8-26-17/h1,3-9,24H,10H2. The van der Waals surface area contributed by atoms with E-state index in [-0.39, 0.29) is 17.7 Å². The highest BCUT2D eigenvalue weighted by Crippen LogP contribution is 2.29. The molecular formula is C19H11F3N2OS. The molecule has 1 N–H and O–H groups in total. The van der Waals surface area contributed by atoms with Crippen molar-refractivity contribution in [1.82, 2.24) is 4.98 Å². The van der Waals surface area contributed by atoms with E-state index in [1.54, 1.807) is 11.6 Å². The van der Waals surface area contributed by atoms with Gasteiger partial charge in [0.2, 0.25) is 0 Å². The molecule has 0 amide bonds. The molecule has 0 fully saturated rings. The van der Waals surface area contributed by atoms with Gasteiger partial charge >= 0.3 is 0 Å². The van der Waals surface area contributed by atoms with E-state index >= 15 is 0 Å². The van der Waals surface area contributed by atoms with Gasteiger partial charge in [0.1, 0.15) is 10.8 Å². The number of anilines is 2. The van der Waals surface area contributed by atoms with E-state index in [4.69, 9.17) is 6.42 Å². The Bertz CT molecular complexity index is 1010. The van der Waals surface area contributed by atoms with Crippen LogP contribution in [0.2, 0.25) is 0 Å². The van der Waals surface area contributed by atoms with Crippen LogP contribution in [0.3, 0.4) is 0 Å². The van der Waals surface area contributed by atoms with Gasteiger partial charge in [0.15, 0.2) is 17.4 Å². The second-order valence-electron chi connectivity index (χ2n) is 5.27. The maximum Gasteiger partial charge on any atom is 0.182 e. The summed E-state index contributed by atoms with van der Waals surface area (Å²) < 4.78 is 42.1. The lowest BCUT2D eigenvalue weighted by molar-refractivity contribution is 0.0993. The number of hydrogen-bond donors (Lipinski definition) is 1. The highest BCUT2D eigenvalue weighted by Gasteiger charge is 2.20. The number of carbonyl (C=O) groups excluding carboxylic acids is 1. The Morgan fingerprint density at radius 3 is 2.65 bits per heavy atom. The van der Waals surface area contributed by atoms with Gasteiger partial charge in [-0.25, -0.2) is 18.2 Å². The molecule has 3 rings (SSSR count). The van der Waals surface area contributed by atoms with Gasteiger partial charge < -0.3 is 5.32 Å². The summed E-state index contributed by atoms with van der Waals surface area (Å²) >= 11 is 1.27. The Kier molecular flexibility index (Phi) is 5.05. The number of nitrogens with one attached hydrogen (secondary N) is 1. The van der Waals surface area contributed by atoms with E-state index in [1.165, 1.54) is 23.5 Å². The van der Waals surface area contributed by atoms with Crippen molar-refractivity contribution in [1.29, 1.82) is 0 Å². The lowest BCUT2D eigenvalue weighted by Crippen LogP contribution is -2.10. The minimum absolute atomic E-state index is 0.0735. The van der Waals surface area contributed by atoms with Crippen LogP contribution in [0.25, 0.3) is 0 Å². The molecular weight excluding hydrogens is 361 g/mol. The molecule has 3 nitrogen and oxygen atoms in total. The quantitative estimate of drug-likeness (QED) is 0.521. The van der Waals surface area contributed by atoms with Crippen LogP contribution in [0.15, 0.2) is 41.9 Å². The first-order valence-electron chi connectivity index (χ1n) is 7.42. The molecule has 26 heavy (non-hydrogen) atoms. The van der Waals surface area contributed by atoms with E-state index in [0.717, 1.165) is 18.2 Å². The van der Waals surface area contributed by atoms with Crippen LogP contribution in [-0.2, 0) is 6.42 Å². The fourth-order valence-electron chi connectivity index (χ4n) is 2.32. The van der Waals surface area contributed by atoms with E-state index in [9.17, 15) is 18.0 Å². The third-order valence-electron chi connectivity index (χ3n) is 3.59. The highest BCUT2D eigenvalue weighted by molar-refractivity contribution is 7.09. The number of carbonyl (C=O) groups is 1. The second-order valence-corrected chi connectivity index (χ2v) is 6.25. The Hall–Kier alpha value is -3.11. The number of benzene rings is 2. The SMILES string of the molecule is C#Cc1ccc(Nc2c(C(=O)Cc3nccs3)ccc(F)c2F)c(F)c1. The number of Topliss-reactive ketones (excluding diaryl/α,β-unsaturated/α-hetero) is 1. The first-order chi connectivity index (χ1) is 12.5. The summed E-state index contributed by atoms with van der Waals surface area (Å²) in [6, 6.07) is 5.83. The van der Waals surface area contributed by atoms with Crippen LogP contribution in [0.5, 0.6) is 0 Å². The van der Waals surface area contributed by atoms with Crippen molar-refractivity contribution < 1.29 is 18.0 Å². The molecule has 1 heterocycles. The van der Waals surface area contributed by atoms with Gasteiger partial charge in [0, 0.05) is 22.7 Å². The molecule has 130 valence electrons. The summed E-state index contributed by atoms with van der Waals surface area (Å²) in [6.45, 7) is 0. The molecule has 0 spiro atoms. The zero-order valence-corrected chi connectivity index (χ0v) is 14.0. The zero-order valence-electron chi connectivity index (χ0n) is 13.2. The fraction of sp³-hybridized carbons (Fsp3) is 0.0526. The van der Waals surface area contributed by atoms with E-state index in [1.807, 2.05) is 0 Å². The molecule has 0 aliphatic carbocycles. The smallest absolute Gasteiger partial charge is 0.182 e. The van der Waals surface area contributed by atoms with Gasteiger partial charge in [-0.1, -0.05) is 5.92 Å². The van der Waals surface area contributed by atoms with Gasteiger partial charge in [-0.3, -0.25) is 4.79 Å². The minimum Gasteiger partial charge on any atom is -0.350 e. The van der Waals surface area contributed by atoms with Gasteiger partial charge in [-0.15, -0.1) is 17.8 Å². The zero-order chi connectivity index (χ0) is 18.7. The second kappa shape index (κ2) is 7.42. The van der Waals surface area contributed by atoms with Gasteiger partial charge in [-0.05, 0) is 30.3 Å². The van der Waals surface area contributed by atoms with Crippen molar-refractivity contribution in [2.45, 2.75) is 6.42 Å². The lowest BCUT2D eigenvalue weighted by Gasteiger charge is -2.13. The van der Waals surface area contributed by atoms with Crippen LogP contribution in [0.4, 0.5) is 24.5 Å². The molecule has 7 heteroatoms. The largest absolute Gasteiger partial charge is 0.350 e. The number of halogens is 3. The van der Waals surface area contributed by atoms with Crippen molar-refractivity contribution in [2.75, 3.05) is 5.32 Å². The Balaban J connectivity index is 1.99. The molecule has 0 saturated carbocycles. The van der Waals surface area contributed by atoms with Crippen LogP contribution >= 0.6 is 11.3 Å². The molecule has 0 unspecified atom stereocenters. The summed E-state index contributed by atoms with van der Waals surface area (Å²) in [5.41, 5.74) is -0.358. The molecule has 1 aromatic heterocycles. The third-order valence-corrected chi connectivity index (χ3v) is 4.37. The maximum absolute atomic E-state index is 14.3. The van der Waals surface area contributed by atoms with Gasteiger partial charge in [-0.2, -0.15) is 0 Å². The van der Waals surface area contributed by atoms with Crippen molar-refractivity contribution in [3.63, 3.8) is 0 Å². The lowest BCUT2D eigenvalue weighted by atomic mass is 10.0. The third kappa shape index (κ3) is 3.60. The molecule has 0 saturated heterocycles. The summed E-state index contributed by atoms with van der Waals surface area (Å²) in [7, 11) is 0. The molecule has 0 aliphatic rings. The molecule has 0 aliphatic heterocycles. The Morgan fingerprint density at radius 2 is 2.00 bits per heavy atom. The Labute approximate surface area is 151 Å². The topological polar surface area (TPSA) is 42.0 Å². The van der Waals surface area contributed by atoms with Gasteiger partial charge in [0.25, 0.3) is 0 Å². The predicted octanol–water partition coefficient (Wildman–Crippen LogP) is 4.71. The predicted molar refractivity (Wildman–Crippen MR) is 94.1 cm³/mol. The summed E-state index contributed by atoms with van der Waals surface area (Å²) in [5.74, 6) is -1.37. The monoisotopic (exact) mass is 372 g/mol. The van der Waals surface area contributed by atoms with Crippen LogP contribution < -0.4 is 5.32 Å². The summed E-state index contributed by atoms with van der Waals surface area (Å²) in [4.78, 5) is 16.5.